The molecule has 2 aromatic rings. The van der Waals surface area contributed by atoms with Gasteiger partial charge in [-0.05, 0) is 36.1 Å². The van der Waals surface area contributed by atoms with Crippen LogP contribution in [0.3, 0.4) is 0 Å². The molecular formula is C21H22FNO2. The number of rotatable bonds is 3. The molecular weight excluding hydrogens is 317 g/mol. The van der Waals surface area contributed by atoms with E-state index in [2.05, 4.69) is 13.8 Å². The normalized spacial score (nSPS) is 26.0. The van der Waals surface area contributed by atoms with Crippen LogP contribution in [-0.4, -0.2) is 24.8 Å². The Labute approximate surface area is 147 Å². The second-order valence-electron chi connectivity index (χ2n) is 6.56. The highest BCUT2D eigenvalue weighted by Gasteiger charge is 2.43. The molecule has 0 radical (unpaired) electrons. The number of carbonyl (C=O) groups excluding carboxylic acids is 1. The summed E-state index contributed by atoms with van der Waals surface area (Å²) in [6, 6.07) is 16.2. The summed E-state index contributed by atoms with van der Waals surface area (Å²) in [5.74, 6) is -0.993. The van der Waals surface area contributed by atoms with Crippen molar-refractivity contribution in [1.29, 1.82) is 0 Å². The number of carbonyl (C=O) groups is 1. The zero-order valence-electron chi connectivity index (χ0n) is 14.6. The largest absolute Gasteiger partial charge is 0.468 e. The van der Waals surface area contributed by atoms with Gasteiger partial charge in [0.05, 0.1) is 18.9 Å². The lowest BCUT2D eigenvalue weighted by Crippen LogP contribution is -2.42. The van der Waals surface area contributed by atoms with Gasteiger partial charge in [-0.1, -0.05) is 49.4 Å². The average molecular weight is 339 g/mol. The minimum Gasteiger partial charge on any atom is -0.468 e. The van der Waals surface area contributed by atoms with Gasteiger partial charge in [-0.3, -0.25) is 9.79 Å². The van der Waals surface area contributed by atoms with Gasteiger partial charge in [-0.15, -0.1) is 0 Å². The van der Waals surface area contributed by atoms with Crippen LogP contribution in [0.5, 0.6) is 0 Å². The predicted octanol–water partition coefficient (Wildman–Crippen LogP) is 4.23. The zero-order chi connectivity index (χ0) is 18.0. The van der Waals surface area contributed by atoms with Gasteiger partial charge in [-0.25, -0.2) is 4.39 Å². The molecule has 0 spiro atoms. The fraction of sp³-hybridized carbons (Fsp3) is 0.333. The van der Waals surface area contributed by atoms with Crippen molar-refractivity contribution in [2.75, 3.05) is 7.11 Å². The summed E-state index contributed by atoms with van der Waals surface area (Å²) in [5.41, 5.74) is 2.52. The van der Waals surface area contributed by atoms with Gasteiger partial charge in [0.1, 0.15) is 11.7 Å². The Morgan fingerprint density at radius 2 is 1.68 bits per heavy atom. The van der Waals surface area contributed by atoms with Crippen LogP contribution in [0.25, 0.3) is 0 Å². The molecule has 4 heteroatoms. The van der Waals surface area contributed by atoms with Crippen molar-refractivity contribution < 1.29 is 13.9 Å². The number of benzene rings is 2. The molecule has 1 heterocycles. The van der Waals surface area contributed by atoms with Crippen molar-refractivity contribution in [3.05, 3.63) is 71.5 Å². The number of nitrogens with zero attached hydrogens (tertiary/aromatic N) is 1. The molecule has 4 atom stereocenters. The first-order chi connectivity index (χ1) is 12.0. The summed E-state index contributed by atoms with van der Waals surface area (Å²) in [5, 5.41) is 0. The lowest BCUT2D eigenvalue weighted by molar-refractivity contribution is -0.144. The highest BCUT2D eigenvalue weighted by Crippen LogP contribution is 2.41. The van der Waals surface area contributed by atoms with Crippen LogP contribution in [-0.2, 0) is 9.53 Å². The van der Waals surface area contributed by atoms with Gasteiger partial charge in [-0.2, -0.15) is 0 Å². The number of aliphatic imine (C=N–C) groups is 1. The van der Waals surface area contributed by atoms with Gasteiger partial charge in [0.2, 0.25) is 0 Å². The lowest BCUT2D eigenvalue weighted by atomic mass is 9.69. The molecule has 2 aromatic carbocycles. The highest BCUT2D eigenvalue weighted by atomic mass is 19.1. The molecule has 3 nitrogen and oxygen atoms in total. The van der Waals surface area contributed by atoms with Crippen LogP contribution in [0.2, 0.25) is 0 Å². The van der Waals surface area contributed by atoms with Crippen molar-refractivity contribution in [2.24, 2.45) is 16.8 Å². The fourth-order valence-electron chi connectivity index (χ4n) is 3.62. The Morgan fingerprint density at radius 3 is 2.28 bits per heavy atom. The molecule has 25 heavy (non-hydrogen) atoms. The molecule has 0 fully saturated rings. The van der Waals surface area contributed by atoms with Gasteiger partial charge in [0.15, 0.2) is 0 Å². The number of hydrogen-bond acceptors (Lipinski definition) is 3. The van der Waals surface area contributed by atoms with E-state index >= 15 is 0 Å². The maximum absolute atomic E-state index is 13.3. The van der Waals surface area contributed by atoms with Crippen LogP contribution in [0.4, 0.5) is 4.39 Å². The first-order valence-electron chi connectivity index (χ1n) is 8.49. The van der Waals surface area contributed by atoms with Crippen LogP contribution in [0.15, 0.2) is 59.6 Å². The summed E-state index contributed by atoms with van der Waals surface area (Å²) in [4.78, 5) is 17.5. The fourth-order valence-corrected chi connectivity index (χ4v) is 3.62. The molecule has 1 aliphatic rings. The molecule has 1 aliphatic heterocycles. The maximum atomic E-state index is 13.3. The summed E-state index contributed by atoms with van der Waals surface area (Å²) < 4.78 is 18.4. The van der Waals surface area contributed by atoms with Crippen LogP contribution in [0, 0.1) is 17.7 Å². The molecule has 0 aromatic heterocycles. The highest BCUT2D eigenvalue weighted by molar-refractivity contribution is 6.13. The topological polar surface area (TPSA) is 38.7 Å². The van der Waals surface area contributed by atoms with Gasteiger partial charge >= 0.3 is 5.97 Å². The molecule has 4 unspecified atom stereocenters. The molecule has 0 amide bonds. The Kier molecular flexibility index (Phi) is 4.98. The van der Waals surface area contributed by atoms with E-state index < -0.39 is 5.92 Å². The van der Waals surface area contributed by atoms with Crippen molar-refractivity contribution in [2.45, 2.75) is 25.8 Å². The Bertz CT molecular complexity index is 770. The van der Waals surface area contributed by atoms with Crippen LogP contribution in [0.1, 0.15) is 30.9 Å². The summed E-state index contributed by atoms with van der Waals surface area (Å²) in [6.45, 7) is 4.17. The molecule has 0 bridgehead atoms. The van der Waals surface area contributed by atoms with E-state index in [9.17, 15) is 9.18 Å². The van der Waals surface area contributed by atoms with E-state index in [4.69, 9.17) is 9.73 Å². The number of methoxy groups -OCH3 is 1. The van der Waals surface area contributed by atoms with Gasteiger partial charge in [0.25, 0.3) is 0 Å². The standard InChI is InChI=1S/C21H22FNO2/c1-13-14(2)23-20(16-9-11-17(22)12-10-16)19(21(24)25-3)18(13)15-7-5-4-6-8-15/h4-14,18-19H,1-3H3. The molecule has 3 rings (SSSR count). The van der Waals surface area contributed by atoms with Crippen molar-refractivity contribution in [1.82, 2.24) is 0 Å². The van der Waals surface area contributed by atoms with Crippen LogP contribution >= 0.6 is 0 Å². The minimum atomic E-state index is -0.510. The number of ether oxygens (including phenoxy) is 1. The maximum Gasteiger partial charge on any atom is 0.315 e. The monoisotopic (exact) mass is 339 g/mol. The molecule has 0 saturated carbocycles. The smallest absolute Gasteiger partial charge is 0.315 e. The van der Waals surface area contributed by atoms with E-state index in [1.54, 1.807) is 12.1 Å². The SMILES string of the molecule is COC(=O)C1C(c2ccc(F)cc2)=NC(C)C(C)C1c1ccccc1. The third kappa shape index (κ3) is 3.34. The minimum absolute atomic E-state index is 0.0406. The summed E-state index contributed by atoms with van der Waals surface area (Å²) >= 11 is 0. The Hall–Kier alpha value is -2.49. The Balaban J connectivity index is 2.14. The molecule has 0 N–H and O–H groups in total. The van der Waals surface area contributed by atoms with E-state index in [0.717, 1.165) is 11.1 Å². The second kappa shape index (κ2) is 7.18. The molecule has 130 valence electrons. The predicted molar refractivity (Wildman–Crippen MR) is 96.3 cm³/mol. The van der Waals surface area contributed by atoms with Crippen molar-refractivity contribution >= 4 is 11.7 Å². The van der Waals surface area contributed by atoms with Gasteiger partial charge in [0, 0.05) is 5.92 Å². The zero-order valence-corrected chi connectivity index (χ0v) is 14.6. The van der Waals surface area contributed by atoms with E-state index in [-0.39, 0.29) is 29.7 Å². The number of halogens is 1. The number of esters is 1. The second-order valence-corrected chi connectivity index (χ2v) is 6.56. The Morgan fingerprint density at radius 1 is 1.04 bits per heavy atom. The lowest BCUT2D eigenvalue weighted by Gasteiger charge is -2.38. The van der Waals surface area contributed by atoms with Crippen molar-refractivity contribution in [3.63, 3.8) is 0 Å². The third-order valence-corrected chi connectivity index (χ3v) is 5.10. The van der Waals surface area contributed by atoms with Crippen LogP contribution < -0.4 is 0 Å². The van der Waals surface area contributed by atoms with Gasteiger partial charge < -0.3 is 4.74 Å². The first-order valence-corrected chi connectivity index (χ1v) is 8.49. The van der Waals surface area contributed by atoms with E-state index in [1.807, 2.05) is 30.3 Å². The third-order valence-electron chi connectivity index (χ3n) is 5.10. The summed E-state index contributed by atoms with van der Waals surface area (Å²) in [7, 11) is 1.40. The summed E-state index contributed by atoms with van der Waals surface area (Å²) in [6.07, 6.45) is 0. The number of hydrogen-bond donors (Lipinski definition) is 0. The van der Waals surface area contributed by atoms with E-state index in [0.29, 0.717) is 5.71 Å². The molecule has 0 saturated heterocycles. The molecule has 0 aliphatic carbocycles. The quantitative estimate of drug-likeness (QED) is 0.785. The first kappa shape index (κ1) is 17.3. The average Bonchev–Trinajstić information content (AvgIpc) is 2.64. The van der Waals surface area contributed by atoms with E-state index in [1.165, 1.54) is 19.2 Å². The van der Waals surface area contributed by atoms with Crippen molar-refractivity contribution in [3.8, 4) is 0 Å².